The molecule has 1 aromatic rings. The number of carboxylic acids is 1. The molecule has 1 aromatic heterocycles. The van der Waals surface area contributed by atoms with Crippen LogP contribution in [0.15, 0.2) is 17.5 Å². The Balaban J connectivity index is 2.72. The lowest BCUT2D eigenvalue weighted by molar-refractivity contribution is -0.142. The lowest BCUT2D eigenvalue weighted by Crippen LogP contribution is -2.57. The minimum atomic E-state index is -1.48. The van der Waals surface area contributed by atoms with Gasteiger partial charge in [-0.3, -0.25) is 24.2 Å². The molecule has 1 heterocycles. The lowest BCUT2D eigenvalue weighted by Gasteiger charge is -2.23. The van der Waals surface area contributed by atoms with Crippen LogP contribution in [-0.4, -0.2) is 81.3 Å². The third-order valence-electron chi connectivity index (χ3n) is 4.69. The van der Waals surface area contributed by atoms with Gasteiger partial charge in [-0.25, -0.2) is 9.78 Å². The van der Waals surface area contributed by atoms with Crippen molar-refractivity contribution in [3.05, 3.63) is 18.2 Å². The fourth-order valence-electron chi connectivity index (χ4n) is 2.83. The van der Waals surface area contributed by atoms with E-state index in [1.54, 1.807) is 0 Å². The van der Waals surface area contributed by atoms with Crippen LogP contribution >= 0.6 is 0 Å². The van der Waals surface area contributed by atoms with Crippen LogP contribution in [0, 0.1) is 0 Å². The van der Waals surface area contributed by atoms with Crippen molar-refractivity contribution in [3.63, 3.8) is 0 Å². The average Bonchev–Trinajstić information content (AvgIpc) is 3.28. The quantitative estimate of drug-likeness (QED) is 0.0640. The highest BCUT2D eigenvalue weighted by Gasteiger charge is 2.30. The molecule has 16 heteroatoms. The lowest BCUT2D eigenvalue weighted by atomic mass is 10.1. The fraction of sp³-hybridized carbons (Fsp3) is 0.526. The molecule has 0 aliphatic heterocycles. The highest BCUT2D eigenvalue weighted by atomic mass is 16.4. The zero-order valence-electron chi connectivity index (χ0n) is 19.2. The Kier molecular flexibility index (Phi) is 11.6. The van der Waals surface area contributed by atoms with E-state index in [4.69, 9.17) is 22.9 Å². The number of hydrogen-bond acceptors (Lipinski definition) is 8. The summed E-state index contributed by atoms with van der Waals surface area (Å²) in [6, 6.07) is -4.92. The molecule has 0 spiro atoms. The Morgan fingerprint density at radius 2 is 1.71 bits per heavy atom. The van der Waals surface area contributed by atoms with Crippen LogP contribution in [0.2, 0.25) is 0 Å². The Bertz CT molecular complexity index is 915. The second-order valence-corrected chi connectivity index (χ2v) is 7.70. The fourth-order valence-corrected chi connectivity index (χ4v) is 2.83. The summed E-state index contributed by atoms with van der Waals surface area (Å²) in [5.74, 6) is -4.72. The number of carbonyl (C=O) groups excluding carboxylic acids is 4. The van der Waals surface area contributed by atoms with Crippen LogP contribution in [-0.2, 0) is 30.4 Å². The normalized spacial score (nSPS) is 14.0. The van der Waals surface area contributed by atoms with Gasteiger partial charge in [-0.2, -0.15) is 0 Å². The molecule has 35 heavy (non-hydrogen) atoms. The monoisotopic (exact) mass is 496 g/mol. The molecule has 4 atom stereocenters. The molecule has 0 bridgehead atoms. The predicted molar refractivity (Wildman–Crippen MR) is 123 cm³/mol. The van der Waals surface area contributed by atoms with Gasteiger partial charge in [0.05, 0.1) is 18.8 Å². The third kappa shape index (κ3) is 11.0. The standard InChI is InChI=1S/C19H32N10O6/c1-9(27-16(32)11(20)3-2-4-25-19(22)23)15(31)28-12(6-14(21)30)17(33)29-13(18(34)35)5-10-7-24-8-26-10/h7-9,11-13H,2-6,20H2,1H3,(H2,21,30)(H,24,26)(H,27,32)(H,28,31)(H,29,33)(H,34,35)(H4,22,23,25). The van der Waals surface area contributed by atoms with Gasteiger partial charge in [-0.1, -0.05) is 0 Å². The van der Waals surface area contributed by atoms with Gasteiger partial charge in [0, 0.05) is 24.9 Å². The van der Waals surface area contributed by atoms with Crippen molar-refractivity contribution in [2.75, 3.05) is 6.54 Å². The molecule has 16 nitrogen and oxygen atoms in total. The van der Waals surface area contributed by atoms with Gasteiger partial charge in [-0.15, -0.1) is 0 Å². The van der Waals surface area contributed by atoms with Crippen LogP contribution in [0.4, 0.5) is 0 Å². The van der Waals surface area contributed by atoms with Crippen molar-refractivity contribution in [1.82, 2.24) is 25.9 Å². The number of nitrogens with two attached hydrogens (primary N) is 4. The number of aromatic amines is 1. The summed E-state index contributed by atoms with van der Waals surface area (Å²) in [5.41, 5.74) is 21.8. The number of aromatic nitrogens is 2. The molecule has 0 aromatic carbocycles. The first kappa shape index (κ1) is 28.8. The Hall–Kier alpha value is -4.21. The van der Waals surface area contributed by atoms with Crippen molar-refractivity contribution in [2.45, 2.75) is 56.8 Å². The first-order valence-electron chi connectivity index (χ1n) is 10.6. The highest BCUT2D eigenvalue weighted by molar-refractivity contribution is 5.96. The smallest absolute Gasteiger partial charge is 0.326 e. The Morgan fingerprint density at radius 3 is 2.26 bits per heavy atom. The number of H-pyrrole nitrogens is 1. The number of amides is 4. The van der Waals surface area contributed by atoms with Crippen LogP contribution in [0.3, 0.4) is 0 Å². The molecule has 1 rings (SSSR count). The molecule has 0 aliphatic rings. The number of hydrogen-bond donors (Lipinski definition) is 9. The molecular weight excluding hydrogens is 464 g/mol. The van der Waals surface area contributed by atoms with Crippen molar-refractivity contribution in [2.24, 2.45) is 27.9 Å². The largest absolute Gasteiger partial charge is 0.480 e. The molecule has 4 unspecified atom stereocenters. The maximum atomic E-state index is 12.6. The van der Waals surface area contributed by atoms with Crippen LogP contribution in [0.1, 0.15) is 31.9 Å². The van der Waals surface area contributed by atoms with Crippen molar-refractivity contribution < 1.29 is 29.1 Å². The second kappa shape index (κ2) is 14.1. The summed E-state index contributed by atoms with van der Waals surface area (Å²) in [6.45, 7) is 1.62. The number of carboxylic acid groups (broad SMARTS) is 1. The van der Waals surface area contributed by atoms with E-state index < -0.39 is 60.2 Å². The molecule has 0 saturated carbocycles. The molecule has 0 saturated heterocycles. The Morgan fingerprint density at radius 1 is 1.06 bits per heavy atom. The van der Waals surface area contributed by atoms with E-state index in [1.807, 2.05) is 0 Å². The summed E-state index contributed by atoms with van der Waals surface area (Å²) in [6.07, 6.45) is 2.69. The van der Waals surface area contributed by atoms with Crippen molar-refractivity contribution in [1.29, 1.82) is 0 Å². The summed E-state index contributed by atoms with van der Waals surface area (Å²) in [5, 5.41) is 16.4. The Labute approximate surface area is 200 Å². The van der Waals surface area contributed by atoms with E-state index in [9.17, 15) is 29.1 Å². The van der Waals surface area contributed by atoms with Crippen molar-refractivity contribution in [3.8, 4) is 0 Å². The summed E-state index contributed by atoms with van der Waals surface area (Å²) < 4.78 is 0. The molecule has 13 N–H and O–H groups in total. The van der Waals surface area contributed by atoms with E-state index in [1.165, 1.54) is 19.4 Å². The van der Waals surface area contributed by atoms with E-state index in [-0.39, 0.29) is 25.3 Å². The van der Waals surface area contributed by atoms with Gasteiger partial charge >= 0.3 is 5.97 Å². The van der Waals surface area contributed by atoms with Gasteiger partial charge < -0.3 is 49.0 Å². The SMILES string of the molecule is CC(NC(=O)C(N)CCCN=C(N)N)C(=O)NC(CC(N)=O)C(=O)NC(Cc1cnc[nH]1)C(=O)O. The molecule has 4 amide bonds. The first-order valence-corrected chi connectivity index (χ1v) is 10.6. The van der Waals surface area contributed by atoms with E-state index >= 15 is 0 Å². The maximum absolute atomic E-state index is 12.6. The van der Waals surface area contributed by atoms with Gasteiger partial charge in [0.25, 0.3) is 0 Å². The van der Waals surface area contributed by atoms with E-state index in [0.29, 0.717) is 12.1 Å². The van der Waals surface area contributed by atoms with E-state index in [0.717, 1.165) is 0 Å². The van der Waals surface area contributed by atoms with Crippen LogP contribution in [0.5, 0.6) is 0 Å². The number of primary amides is 1. The number of aliphatic carboxylic acids is 1. The number of imidazole rings is 1. The van der Waals surface area contributed by atoms with Gasteiger partial charge in [0.1, 0.15) is 18.1 Å². The van der Waals surface area contributed by atoms with Crippen molar-refractivity contribution >= 4 is 35.6 Å². The summed E-state index contributed by atoms with van der Waals surface area (Å²) in [7, 11) is 0. The number of nitrogens with zero attached hydrogens (tertiary/aromatic N) is 2. The number of guanidine groups is 1. The number of nitrogens with one attached hydrogen (secondary N) is 4. The molecule has 0 radical (unpaired) electrons. The summed E-state index contributed by atoms with van der Waals surface area (Å²) in [4.78, 5) is 70.6. The average molecular weight is 497 g/mol. The van der Waals surface area contributed by atoms with Gasteiger partial charge in [0.15, 0.2) is 5.96 Å². The predicted octanol–water partition coefficient (Wildman–Crippen LogP) is -4.23. The molecule has 0 fully saturated rings. The zero-order valence-corrected chi connectivity index (χ0v) is 19.2. The molecule has 194 valence electrons. The minimum absolute atomic E-state index is 0.0844. The second-order valence-electron chi connectivity index (χ2n) is 7.70. The summed E-state index contributed by atoms with van der Waals surface area (Å²) >= 11 is 0. The maximum Gasteiger partial charge on any atom is 0.326 e. The van der Waals surface area contributed by atoms with Crippen LogP contribution < -0.4 is 38.9 Å². The first-order chi connectivity index (χ1) is 16.4. The molecular formula is C19H32N10O6. The van der Waals surface area contributed by atoms with Gasteiger partial charge in [0.2, 0.25) is 23.6 Å². The van der Waals surface area contributed by atoms with E-state index in [2.05, 4.69) is 30.9 Å². The number of rotatable bonds is 15. The van der Waals surface area contributed by atoms with Gasteiger partial charge in [-0.05, 0) is 19.8 Å². The third-order valence-corrected chi connectivity index (χ3v) is 4.69. The number of aliphatic imine (C=N–C) groups is 1. The topological polar surface area (TPSA) is 287 Å². The zero-order chi connectivity index (χ0) is 26.5. The molecule has 0 aliphatic carbocycles. The number of carbonyl (C=O) groups is 5. The highest BCUT2D eigenvalue weighted by Crippen LogP contribution is 2.02. The minimum Gasteiger partial charge on any atom is -0.480 e. The van der Waals surface area contributed by atoms with Crippen LogP contribution in [0.25, 0.3) is 0 Å².